The van der Waals surface area contributed by atoms with Crippen LogP contribution in [-0.2, 0) is 6.54 Å². The number of benzene rings is 2. The number of rotatable bonds is 5. The highest BCUT2D eigenvalue weighted by Gasteiger charge is 2.21. The predicted octanol–water partition coefficient (Wildman–Crippen LogP) is 5.00. The van der Waals surface area contributed by atoms with E-state index in [4.69, 9.17) is 16.3 Å². The number of aryl methyl sites for hydroxylation is 1. The molecule has 0 bridgehead atoms. The topological polar surface area (TPSA) is 21.3 Å². The Bertz CT molecular complexity index is 650. The molecule has 1 N–H and O–H groups in total. The molecule has 0 unspecified atom stereocenters. The van der Waals surface area contributed by atoms with E-state index in [1.165, 1.54) is 24.0 Å². The van der Waals surface area contributed by atoms with Crippen molar-refractivity contribution in [2.45, 2.75) is 39.3 Å². The molecule has 2 aromatic rings. The van der Waals surface area contributed by atoms with Gasteiger partial charge in [-0.05, 0) is 56.0 Å². The minimum atomic E-state index is 0.648. The van der Waals surface area contributed by atoms with Crippen molar-refractivity contribution in [2.24, 2.45) is 0 Å². The lowest BCUT2D eigenvalue weighted by molar-refractivity contribution is 0.468. The maximum atomic E-state index is 6.35. The molecule has 1 fully saturated rings. The summed E-state index contributed by atoms with van der Waals surface area (Å²) in [6, 6.07) is 12.6. The van der Waals surface area contributed by atoms with Crippen molar-refractivity contribution in [1.29, 1.82) is 0 Å². The molecule has 110 valence electrons. The van der Waals surface area contributed by atoms with Crippen LogP contribution in [0.3, 0.4) is 0 Å². The zero-order chi connectivity index (χ0) is 14.8. The Labute approximate surface area is 131 Å². The van der Waals surface area contributed by atoms with E-state index in [0.717, 1.165) is 28.6 Å². The first-order valence-corrected chi connectivity index (χ1v) is 7.78. The summed E-state index contributed by atoms with van der Waals surface area (Å²) in [6.45, 7) is 4.93. The minimum Gasteiger partial charge on any atom is -0.457 e. The molecule has 2 nitrogen and oxygen atoms in total. The first-order valence-electron chi connectivity index (χ1n) is 7.40. The summed E-state index contributed by atoms with van der Waals surface area (Å²) in [6.07, 6.45) is 2.52. The van der Waals surface area contributed by atoms with Gasteiger partial charge in [0.05, 0.1) is 0 Å². The monoisotopic (exact) mass is 301 g/mol. The highest BCUT2D eigenvalue weighted by Crippen LogP contribution is 2.33. The number of ether oxygens (including phenoxy) is 1. The quantitative estimate of drug-likeness (QED) is 0.839. The molecule has 0 radical (unpaired) electrons. The average molecular weight is 302 g/mol. The van der Waals surface area contributed by atoms with Gasteiger partial charge in [-0.1, -0.05) is 29.8 Å². The fourth-order valence-electron chi connectivity index (χ4n) is 2.29. The molecular formula is C18H20ClNO. The summed E-state index contributed by atoms with van der Waals surface area (Å²) in [7, 11) is 0. The molecule has 21 heavy (non-hydrogen) atoms. The fourth-order valence-corrected chi connectivity index (χ4v) is 2.53. The third kappa shape index (κ3) is 3.39. The van der Waals surface area contributed by atoms with Crippen molar-refractivity contribution in [1.82, 2.24) is 5.32 Å². The molecule has 1 saturated carbocycles. The van der Waals surface area contributed by atoms with Gasteiger partial charge in [0.25, 0.3) is 0 Å². The van der Waals surface area contributed by atoms with Crippen LogP contribution in [0, 0.1) is 13.8 Å². The molecule has 0 aromatic heterocycles. The molecule has 0 aliphatic heterocycles. The smallest absolute Gasteiger partial charge is 0.133 e. The first kappa shape index (κ1) is 14.4. The fraction of sp³-hybridized carbons (Fsp3) is 0.333. The molecule has 1 aliphatic carbocycles. The van der Waals surface area contributed by atoms with Gasteiger partial charge in [0.15, 0.2) is 0 Å². The van der Waals surface area contributed by atoms with Crippen LogP contribution < -0.4 is 10.1 Å². The molecule has 0 amide bonds. The second kappa shape index (κ2) is 6.08. The highest BCUT2D eigenvalue weighted by molar-refractivity contribution is 6.31. The molecule has 1 aliphatic rings. The van der Waals surface area contributed by atoms with Crippen molar-refractivity contribution < 1.29 is 4.74 Å². The second-order valence-electron chi connectivity index (χ2n) is 5.67. The van der Waals surface area contributed by atoms with Gasteiger partial charge in [-0.3, -0.25) is 0 Å². The zero-order valence-corrected chi connectivity index (χ0v) is 13.2. The molecular weight excluding hydrogens is 282 g/mol. The standard InChI is InChI=1S/C18H20ClNO/c1-12-5-3-7-17(13(12)2)21-18-8-4-6-16(19)15(18)11-20-14-9-10-14/h3-8,14,20H,9-11H2,1-2H3. The molecule has 0 heterocycles. The molecule has 3 heteroatoms. The first-order chi connectivity index (χ1) is 10.1. The summed E-state index contributed by atoms with van der Waals surface area (Å²) in [5, 5.41) is 4.26. The Morgan fingerprint density at radius 2 is 1.81 bits per heavy atom. The summed E-state index contributed by atoms with van der Waals surface area (Å²) in [5.74, 6) is 1.73. The Kier molecular flexibility index (Phi) is 4.18. The highest BCUT2D eigenvalue weighted by atomic mass is 35.5. The molecule has 0 atom stereocenters. The third-order valence-electron chi connectivity index (χ3n) is 4.00. The van der Waals surface area contributed by atoms with Crippen LogP contribution in [0.1, 0.15) is 29.5 Å². The molecule has 3 rings (SSSR count). The summed E-state index contributed by atoms with van der Waals surface area (Å²) in [4.78, 5) is 0. The molecule has 0 spiro atoms. The van der Waals surface area contributed by atoms with Gasteiger partial charge in [0.1, 0.15) is 11.5 Å². The van der Waals surface area contributed by atoms with E-state index in [1.807, 2.05) is 30.3 Å². The zero-order valence-electron chi connectivity index (χ0n) is 12.4. The van der Waals surface area contributed by atoms with Crippen LogP contribution in [0.15, 0.2) is 36.4 Å². The summed E-state index contributed by atoms with van der Waals surface area (Å²) >= 11 is 6.35. The summed E-state index contributed by atoms with van der Waals surface area (Å²) in [5.41, 5.74) is 3.43. The molecule has 0 saturated heterocycles. The number of hydrogen-bond donors (Lipinski definition) is 1. The van der Waals surface area contributed by atoms with Crippen LogP contribution >= 0.6 is 11.6 Å². The van der Waals surface area contributed by atoms with Crippen molar-refractivity contribution in [3.63, 3.8) is 0 Å². The van der Waals surface area contributed by atoms with Crippen LogP contribution in [0.5, 0.6) is 11.5 Å². The van der Waals surface area contributed by atoms with E-state index in [0.29, 0.717) is 6.04 Å². The average Bonchev–Trinajstić information content (AvgIpc) is 3.27. The second-order valence-corrected chi connectivity index (χ2v) is 6.08. The van der Waals surface area contributed by atoms with Crippen LogP contribution in [0.4, 0.5) is 0 Å². The third-order valence-corrected chi connectivity index (χ3v) is 4.35. The van der Waals surface area contributed by atoms with Crippen molar-refractivity contribution in [2.75, 3.05) is 0 Å². The van der Waals surface area contributed by atoms with Crippen molar-refractivity contribution >= 4 is 11.6 Å². The lowest BCUT2D eigenvalue weighted by Crippen LogP contribution is -2.16. The van der Waals surface area contributed by atoms with E-state index in [1.54, 1.807) is 0 Å². The van der Waals surface area contributed by atoms with E-state index >= 15 is 0 Å². The summed E-state index contributed by atoms with van der Waals surface area (Å²) < 4.78 is 6.13. The number of hydrogen-bond acceptors (Lipinski definition) is 2. The maximum Gasteiger partial charge on any atom is 0.133 e. The largest absolute Gasteiger partial charge is 0.457 e. The van der Waals surface area contributed by atoms with Gasteiger partial charge < -0.3 is 10.1 Å². The predicted molar refractivity (Wildman–Crippen MR) is 87.3 cm³/mol. The molecule has 2 aromatic carbocycles. The Morgan fingerprint density at radius 1 is 1.10 bits per heavy atom. The van der Waals surface area contributed by atoms with Crippen molar-refractivity contribution in [3.8, 4) is 11.5 Å². The Hall–Kier alpha value is -1.51. The van der Waals surface area contributed by atoms with E-state index in [2.05, 4.69) is 25.2 Å². The van der Waals surface area contributed by atoms with Crippen molar-refractivity contribution in [3.05, 3.63) is 58.1 Å². The normalized spacial score (nSPS) is 14.2. The maximum absolute atomic E-state index is 6.35. The number of halogens is 1. The van der Waals surface area contributed by atoms with Gasteiger partial charge in [0, 0.05) is 23.2 Å². The van der Waals surface area contributed by atoms with E-state index in [9.17, 15) is 0 Å². The lowest BCUT2D eigenvalue weighted by atomic mass is 10.1. The number of nitrogens with one attached hydrogen (secondary N) is 1. The van der Waals surface area contributed by atoms with Gasteiger partial charge in [-0.15, -0.1) is 0 Å². The van der Waals surface area contributed by atoms with E-state index in [-0.39, 0.29) is 0 Å². The van der Waals surface area contributed by atoms with Crippen LogP contribution in [-0.4, -0.2) is 6.04 Å². The van der Waals surface area contributed by atoms with Gasteiger partial charge in [-0.2, -0.15) is 0 Å². The van der Waals surface area contributed by atoms with Crippen LogP contribution in [0.25, 0.3) is 0 Å². The Morgan fingerprint density at radius 3 is 2.57 bits per heavy atom. The van der Waals surface area contributed by atoms with Gasteiger partial charge in [0.2, 0.25) is 0 Å². The van der Waals surface area contributed by atoms with Gasteiger partial charge in [-0.25, -0.2) is 0 Å². The lowest BCUT2D eigenvalue weighted by Gasteiger charge is -2.15. The van der Waals surface area contributed by atoms with Crippen LogP contribution in [0.2, 0.25) is 5.02 Å². The Balaban J connectivity index is 1.86. The minimum absolute atomic E-state index is 0.648. The SMILES string of the molecule is Cc1cccc(Oc2cccc(Cl)c2CNC2CC2)c1C. The van der Waals surface area contributed by atoms with E-state index < -0.39 is 0 Å². The van der Waals surface area contributed by atoms with Gasteiger partial charge >= 0.3 is 0 Å².